The highest BCUT2D eigenvalue weighted by Gasteiger charge is 2.05. The molecule has 0 saturated carbocycles. The standard InChI is InChI=1S/C11H16ClNOS/c1-13-10(5-6-14)8-15-11-4-2-3-9(12)7-11/h2-4,7,10,13-14H,5-6,8H2,1H3. The van der Waals surface area contributed by atoms with Crippen LogP contribution in [0.4, 0.5) is 0 Å². The van der Waals surface area contributed by atoms with Crippen LogP contribution in [0.3, 0.4) is 0 Å². The van der Waals surface area contributed by atoms with Crippen molar-refractivity contribution in [3.05, 3.63) is 29.3 Å². The normalized spacial score (nSPS) is 12.7. The van der Waals surface area contributed by atoms with E-state index in [1.165, 1.54) is 4.90 Å². The maximum absolute atomic E-state index is 8.84. The van der Waals surface area contributed by atoms with E-state index in [4.69, 9.17) is 16.7 Å². The van der Waals surface area contributed by atoms with Gasteiger partial charge in [0.25, 0.3) is 0 Å². The lowest BCUT2D eigenvalue weighted by Crippen LogP contribution is -2.28. The number of aliphatic hydroxyl groups excluding tert-OH is 1. The summed E-state index contributed by atoms with van der Waals surface area (Å²) in [5.41, 5.74) is 0. The highest BCUT2D eigenvalue weighted by molar-refractivity contribution is 7.99. The van der Waals surface area contributed by atoms with Crippen molar-refractivity contribution in [1.82, 2.24) is 5.32 Å². The fourth-order valence-electron chi connectivity index (χ4n) is 1.22. The number of hydrogen-bond acceptors (Lipinski definition) is 3. The summed E-state index contributed by atoms with van der Waals surface area (Å²) in [6.45, 7) is 0.224. The molecule has 0 saturated heterocycles. The first kappa shape index (κ1) is 12.8. The summed E-state index contributed by atoms with van der Waals surface area (Å²) in [5, 5.41) is 12.8. The number of hydrogen-bond donors (Lipinski definition) is 2. The topological polar surface area (TPSA) is 32.3 Å². The number of halogens is 1. The van der Waals surface area contributed by atoms with Crippen LogP contribution >= 0.6 is 23.4 Å². The van der Waals surface area contributed by atoms with Crippen molar-refractivity contribution in [3.63, 3.8) is 0 Å². The lowest BCUT2D eigenvalue weighted by molar-refractivity contribution is 0.273. The van der Waals surface area contributed by atoms with Crippen molar-refractivity contribution in [2.75, 3.05) is 19.4 Å². The van der Waals surface area contributed by atoms with Gasteiger partial charge in [-0.25, -0.2) is 0 Å². The maximum atomic E-state index is 8.84. The average molecular weight is 246 g/mol. The third kappa shape index (κ3) is 4.89. The lowest BCUT2D eigenvalue weighted by atomic mass is 10.2. The molecule has 0 spiro atoms. The average Bonchev–Trinajstić information content (AvgIpc) is 2.24. The summed E-state index contributed by atoms with van der Waals surface area (Å²) in [4.78, 5) is 1.17. The molecule has 84 valence electrons. The molecule has 0 aliphatic rings. The van der Waals surface area contributed by atoms with Gasteiger partial charge in [-0.05, 0) is 31.7 Å². The molecule has 0 amide bonds. The molecule has 0 aliphatic heterocycles. The van der Waals surface area contributed by atoms with Crippen LogP contribution in [0.15, 0.2) is 29.2 Å². The molecule has 0 bridgehead atoms. The molecule has 0 radical (unpaired) electrons. The molecule has 1 aromatic carbocycles. The minimum absolute atomic E-state index is 0.224. The number of thioether (sulfide) groups is 1. The second kappa shape index (κ2) is 7.12. The molecule has 1 atom stereocenters. The highest BCUT2D eigenvalue weighted by atomic mass is 35.5. The Balaban J connectivity index is 2.41. The van der Waals surface area contributed by atoms with Crippen molar-refractivity contribution >= 4 is 23.4 Å². The molecule has 1 unspecified atom stereocenters. The molecule has 0 heterocycles. The quantitative estimate of drug-likeness (QED) is 0.755. The molecule has 4 heteroatoms. The van der Waals surface area contributed by atoms with E-state index < -0.39 is 0 Å². The van der Waals surface area contributed by atoms with Gasteiger partial charge < -0.3 is 10.4 Å². The van der Waals surface area contributed by atoms with Crippen LogP contribution in [0.1, 0.15) is 6.42 Å². The van der Waals surface area contributed by atoms with Crippen molar-refractivity contribution in [3.8, 4) is 0 Å². The molecule has 1 aromatic rings. The van der Waals surface area contributed by atoms with Crippen molar-refractivity contribution < 1.29 is 5.11 Å². The van der Waals surface area contributed by atoms with Gasteiger partial charge in [0, 0.05) is 28.3 Å². The van der Waals surface area contributed by atoms with E-state index in [0.29, 0.717) is 6.04 Å². The fourth-order valence-corrected chi connectivity index (χ4v) is 2.59. The van der Waals surface area contributed by atoms with Gasteiger partial charge in [0.15, 0.2) is 0 Å². The van der Waals surface area contributed by atoms with E-state index in [1.807, 2.05) is 31.3 Å². The summed E-state index contributed by atoms with van der Waals surface area (Å²) in [7, 11) is 1.92. The molecular formula is C11H16ClNOS. The van der Waals surface area contributed by atoms with Gasteiger partial charge in [0.1, 0.15) is 0 Å². The van der Waals surface area contributed by atoms with Crippen LogP contribution in [-0.2, 0) is 0 Å². The Kier molecular flexibility index (Phi) is 6.10. The molecule has 2 N–H and O–H groups in total. The van der Waals surface area contributed by atoms with Crippen LogP contribution in [0.25, 0.3) is 0 Å². The summed E-state index contributed by atoms with van der Waals surface area (Å²) in [5.74, 6) is 0.942. The zero-order valence-corrected chi connectivity index (χ0v) is 10.3. The van der Waals surface area contributed by atoms with E-state index in [0.717, 1.165) is 17.2 Å². The van der Waals surface area contributed by atoms with Crippen LogP contribution in [-0.4, -0.2) is 30.6 Å². The third-order valence-electron chi connectivity index (χ3n) is 2.13. The Morgan fingerprint density at radius 3 is 2.93 bits per heavy atom. The molecule has 2 nitrogen and oxygen atoms in total. The van der Waals surface area contributed by atoms with Crippen LogP contribution < -0.4 is 5.32 Å². The van der Waals surface area contributed by atoms with E-state index in [-0.39, 0.29) is 6.61 Å². The SMILES string of the molecule is CNC(CCO)CSc1cccc(Cl)c1. The maximum Gasteiger partial charge on any atom is 0.0446 e. The van der Waals surface area contributed by atoms with Gasteiger partial charge in [0.2, 0.25) is 0 Å². The third-order valence-corrected chi connectivity index (χ3v) is 3.52. The Morgan fingerprint density at radius 2 is 2.33 bits per heavy atom. The summed E-state index contributed by atoms with van der Waals surface area (Å²) in [6.07, 6.45) is 0.782. The zero-order chi connectivity index (χ0) is 11.1. The van der Waals surface area contributed by atoms with E-state index in [2.05, 4.69) is 5.32 Å². The first-order chi connectivity index (χ1) is 7.26. The van der Waals surface area contributed by atoms with Gasteiger partial charge in [-0.2, -0.15) is 0 Å². The smallest absolute Gasteiger partial charge is 0.0446 e. The Bertz CT molecular complexity index is 296. The fraction of sp³-hybridized carbons (Fsp3) is 0.455. The largest absolute Gasteiger partial charge is 0.396 e. The van der Waals surface area contributed by atoms with Crippen LogP contribution in [0.2, 0.25) is 5.02 Å². The Labute approximate surface area is 100 Å². The summed E-state index contributed by atoms with van der Waals surface area (Å²) >= 11 is 7.64. The van der Waals surface area contributed by atoms with Crippen molar-refractivity contribution in [1.29, 1.82) is 0 Å². The number of aliphatic hydroxyl groups is 1. The Morgan fingerprint density at radius 1 is 1.53 bits per heavy atom. The molecular weight excluding hydrogens is 230 g/mol. The summed E-state index contributed by atoms with van der Waals surface area (Å²) < 4.78 is 0. The second-order valence-electron chi connectivity index (χ2n) is 3.27. The Hall–Kier alpha value is -0.220. The minimum atomic E-state index is 0.224. The molecule has 0 fully saturated rings. The van der Waals surface area contributed by atoms with Gasteiger partial charge in [0.05, 0.1) is 0 Å². The summed E-state index contributed by atoms with van der Waals surface area (Å²) in [6, 6.07) is 8.17. The van der Waals surface area contributed by atoms with E-state index in [1.54, 1.807) is 11.8 Å². The first-order valence-electron chi connectivity index (χ1n) is 4.92. The second-order valence-corrected chi connectivity index (χ2v) is 4.80. The monoisotopic (exact) mass is 245 g/mol. The molecule has 0 aromatic heterocycles. The van der Waals surface area contributed by atoms with Gasteiger partial charge in [-0.3, -0.25) is 0 Å². The first-order valence-corrected chi connectivity index (χ1v) is 6.29. The van der Waals surface area contributed by atoms with Crippen molar-refractivity contribution in [2.24, 2.45) is 0 Å². The van der Waals surface area contributed by atoms with E-state index >= 15 is 0 Å². The molecule has 0 aliphatic carbocycles. The van der Waals surface area contributed by atoms with Gasteiger partial charge in [-0.15, -0.1) is 11.8 Å². The van der Waals surface area contributed by atoms with Crippen molar-refractivity contribution in [2.45, 2.75) is 17.4 Å². The number of rotatable bonds is 6. The predicted molar refractivity (Wildman–Crippen MR) is 66.7 cm³/mol. The molecule has 15 heavy (non-hydrogen) atoms. The van der Waals surface area contributed by atoms with Crippen LogP contribution in [0.5, 0.6) is 0 Å². The lowest BCUT2D eigenvalue weighted by Gasteiger charge is -2.14. The number of benzene rings is 1. The predicted octanol–water partition coefficient (Wildman–Crippen LogP) is 2.40. The number of nitrogens with one attached hydrogen (secondary N) is 1. The van der Waals surface area contributed by atoms with Gasteiger partial charge >= 0.3 is 0 Å². The molecule has 1 rings (SSSR count). The van der Waals surface area contributed by atoms with Gasteiger partial charge in [-0.1, -0.05) is 17.7 Å². The highest BCUT2D eigenvalue weighted by Crippen LogP contribution is 2.22. The zero-order valence-electron chi connectivity index (χ0n) is 8.74. The van der Waals surface area contributed by atoms with Crippen LogP contribution in [0, 0.1) is 0 Å². The van der Waals surface area contributed by atoms with E-state index in [9.17, 15) is 0 Å². The minimum Gasteiger partial charge on any atom is -0.396 e.